The average molecular weight is 261 g/mol. The van der Waals surface area contributed by atoms with Gasteiger partial charge in [0.1, 0.15) is 0 Å². The van der Waals surface area contributed by atoms with Gasteiger partial charge in [0.15, 0.2) is 0 Å². The molecule has 2 rings (SSSR count). The summed E-state index contributed by atoms with van der Waals surface area (Å²) >= 11 is 0. The van der Waals surface area contributed by atoms with Crippen molar-refractivity contribution in [1.82, 2.24) is 15.2 Å². The van der Waals surface area contributed by atoms with E-state index in [0.717, 1.165) is 18.5 Å². The van der Waals surface area contributed by atoms with Gasteiger partial charge in [-0.1, -0.05) is 13.3 Å². The fourth-order valence-corrected chi connectivity index (χ4v) is 2.67. The maximum absolute atomic E-state index is 12.0. The summed E-state index contributed by atoms with van der Waals surface area (Å²) in [5.41, 5.74) is 1.09. The van der Waals surface area contributed by atoms with E-state index in [2.05, 4.69) is 22.1 Å². The molecule has 1 fully saturated rings. The number of likely N-dealkylation sites (tertiary alicyclic amines) is 1. The number of carbonyl (C=O) groups is 1. The van der Waals surface area contributed by atoms with E-state index >= 15 is 0 Å². The Kier molecular flexibility index (Phi) is 5.33. The normalized spacial score (nSPS) is 20.2. The second kappa shape index (κ2) is 7.24. The van der Waals surface area contributed by atoms with E-state index in [4.69, 9.17) is 0 Å². The topological polar surface area (TPSA) is 45.2 Å². The lowest BCUT2D eigenvalue weighted by Gasteiger charge is -2.34. The van der Waals surface area contributed by atoms with Crippen molar-refractivity contribution in [3.05, 3.63) is 30.1 Å². The van der Waals surface area contributed by atoms with Crippen LogP contribution < -0.4 is 5.32 Å². The minimum absolute atomic E-state index is 0.122. The third kappa shape index (κ3) is 4.31. The predicted molar refractivity (Wildman–Crippen MR) is 75.6 cm³/mol. The van der Waals surface area contributed by atoms with Crippen molar-refractivity contribution in [2.45, 2.75) is 45.2 Å². The van der Waals surface area contributed by atoms with E-state index < -0.39 is 0 Å². The molecule has 0 spiro atoms. The van der Waals surface area contributed by atoms with Crippen LogP contribution in [0.3, 0.4) is 0 Å². The summed E-state index contributed by atoms with van der Waals surface area (Å²) in [5.74, 6) is 0.122. The third-order valence-electron chi connectivity index (χ3n) is 3.81. The molecule has 1 N–H and O–H groups in total. The highest BCUT2D eigenvalue weighted by atomic mass is 16.2. The summed E-state index contributed by atoms with van der Waals surface area (Å²) in [4.78, 5) is 18.3. The Hall–Kier alpha value is -1.42. The zero-order valence-corrected chi connectivity index (χ0v) is 11.6. The SMILES string of the molecule is CCC1CCCCN1CC(=O)NCc1ccncc1. The zero-order chi connectivity index (χ0) is 13.5. The van der Waals surface area contributed by atoms with E-state index in [1.54, 1.807) is 12.4 Å². The number of hydrogen-bond donors (Lipinski definition) is 1. The van der Waals surface area contributed by atoms with Gasteiger partial charge in [-0.3, -0.25) is 14.7 Å². The van der Waals surface area contributed by atoms with Gasteiger partial charge in [0.2, 0.25) is 5.91 Å². The molecule has 1 atom stereocenters. The summed E-state index contributed by atoms with van der Waals surface area (Å²) in [6, 6.07) is 4.44. The number of piperidine rings is 1. The fourth-order valence-electron chi connectivity index (χ4n) is 2.67. The van der Waals surface area contributed by atoms with Crippen molar-refractivity contribution in [3.8, 4) is 0 Å². The summed E-state index contributed by atoms with van der Waals surface area (Å²) in [6.07, 6.45) is 8.38. The van der Waals surface area contributed by atoms with Gasteiger partial charge in [0.25, 0.3) is 0 Å². The van der Waals surface area contributed by atoms with Gasteiger partial charge in [-0.25, -0.2) is 0 Å². The molecule has 1 unspecified atom stereocenters. The van der Waals surface area contributed by atoms with Gasteiger partial charge >= 0.3 is 0 Å². The zero-order valence-electron chi connectivity index (χ0n) is 11.6. The molecule has 0 saturated carbocycles. The number of carbonyl (C=O) groups excluding carboxylic acids is 1. The lowest BCUT2D eigenvalue weighted by atomic mass is 10.0. The Bertz CT molecular complexity index is 394. The molecule has 1 saturated heterocycles. The van der Waals surface area contributed by atoms with Crippen LogP contribution in [0.2, 0.25) is 0 Å². The van der Waals surface area contributed by atoms with Gasteiger partial charge < -0.3 is 5.32 Å². The minimum Gasteiger partial charge on any atom is -0.351 e. The lowest BCUT2D eigenvalue weighted by Crippen LogP contribution is -2.45. The first-order valence-corrected chi connectivity index (χ1v) is 7.19. The Morgan fingerprint density at radius 3 is 2.95 bits per heavy atom. The summed E-state index contributed by atoms with van der Waals surface area (Å²) < 4.78 is 0. The number of nitrogens with zero attached hydrogens (tertiary/aromatic N) is 2. The summed E-state index contributed by atoms with van der Waals surface area (Å²) in [5, 5.41) is 2.98. The van der Waals surface area contributed by atoms with Crippen LogP contribution in [0.4, 0.5) is 0 Å². The second-order valence-corrected chi connectivity index (χ2v) is 5.16. The van der Waals surface area contributed by atoms with Crippen molar-refractivity contribution < 1.29 is 4.79 Å². The number of hydrogen-bond acceptors (Lipinski definition) is 3. The molecule has 19 heavy (non-hydrogen) atoms. The van der Waals surface area contributed by atoms with Gasteiger partial charge in [-0.15, -0.1) is 0 Å². The molecule has 4 nitrogen and oxygen atoms in total. The average Bonchev–Trinajstić information content (AvgIpc) is 2.47. The van der Waals surface area contributed by atoms with Crippen LogP contribution in [0.25, 0.3) is 0 Å². The first kappa shape index (κ1) is 14.0. The first-order valence-electron chi connectivity index (χ1n) is 7.19. The van der Waals surface area contributed by atoms with Gasteiger partial charge in [0.05, 0.1) is 6.54 Å². The lowest BCUT2D eigenvalue weighted by molar-refractivity contribution is -0.123. The van der Waals surface area contributed by atoms with Crippen LogP contribution in [0.1, 0.15) is 38.2 Å². The molecule has 1 aromatic rings. The standard InChI is InChI=1S/C15H23N3O/c1-2-14-5-3-4-10-18(14)12-15(19)17-11-13-6-8-16-9-7-13/h6-9,14H,2-5,10-12H2,1H3,(H,17,19). The molecule has 0 aliphatic carbocycles. The quantitative estimate of drug-likeness (QED) is 0.881. The molecule has 2 heterocycles. The Morgan fingerprint density at radius 1 is 1.42 bits per heavy atom. The Labute approximate surface area is 115 Å². The molecule has 1 aromatic heterocycles. The molecular formula is C15H23N3O. The smallest absolute Gasteiger partial charge is 0.234 e. The van der Waals surface area contributed by atoms with E-state index in [9.17, 15) is 4.79 Å². The number of pyridine rings is 1. The molecule has 1 aliphatic rings. The van der Waals surface area contributed by atoms with Crippen LogP contribution >= 0.6 is 0 Å². The van der Waals surface area contributed by atoms with Crippen LogP contribution in [0.5, 0.6) is 0 Å². The maximum atomic E-state index is 12.0. The van der Waals surface area contributed by atoms with Crippen molar-refractivity contribution in [2.24, 2.45) is 0 Å². The minimum atomic E-state index is 0.122. The molecular weight excluding hydrogens is 238 g/mol. The molecule has 0 aromatic carbocycles. The predicted octanol–water partition coefficient (Wildman–Crippen LogP) is 1.96. The van der Waals surface area contributed by atoms with Crippen molar-refractivity contribution >= 4 is 5.91 Å². The van der Waals surface area contributed by atoms with E-state index in [1.165, 1.54) is 19.3 Å². The summed E-state index contributed by atoms with van der Waals surface area (Å²) in [7, 11) is 0. The maximum Gasteiger partial charge on any atom is 0.234 e. The Balaban J connectivity index is 1.77. The van der Waals surface area contributed by atoms with Crippen molar-refractivity contribution in [2.75, 3.05) is 13.1 Å². The second-order valence-electron chi connectivity index (χ2n) is 5.16. The molecule has 1 amide bonds. The van der Waals surface area contributed by atoms with Crippen LogP contribution in [0.15, 0.2) is 24.5 Å². The third-order valence-corrected chi connectivity index (χ3v) is 3.81. The molecule has 4 heteroatoms. The first-order chi connectivity index (χ1) is 9.29. The highest BCUT2D eigenvalue weighted by molar-refractivity contribution is 5.78. The van der Waals surface area contributed by atoms with E-state index in [-0.39, 0.29) is 5.91 Å². The van der Waals surface area contributed by atoms with Gasteiger partial charge in [0, 0.05) is 25.0 Å². The van der Waals surface area contributed by atoms with Gasteiger partial charge in [-0.2, -0.15) is 0 Å². The number of amides is 1. The molecule has 104 valence electrons. The number of aromatic nitrogens is 1. The number of nitrogens with one attached hydrogen (secondary N) is 1. The van der Waals surface area contributed by atoms with Crippen LogP contribution in [-0.4, -0.2) is 34.9 Å². The van der Waals surface area contributed by atoms with Gasteiger partial charge in [-0.05, 0) is 43.5 Å². The fraction of sp³-hybridized carbons (Fsp3) is 0.600. The van der Waals surface area contributed by atoms with Crippen molar-refractivity contribution in [1.29, 1.82) is 0 Å². The molecule has 1 aliphatic heterocycles. The van der Waals surface area contributed by atoms with Crippen LogP contribution in [-0.2, 0) is 11.3 Å². The highest BCUT2D eigenvalue weighted by Gasteiger charge is 2.22. The summed E-state index contributed by atoms with van der Waals surface area (Å²) in [6.45, 7) is 4.38. The number of rotatable bonds is 5. The highest BCUT2D eigenvalue weighted by Crippen LogP contribution is 2.18. The van der Waals surface area contributed by atoms with Crippen LogP contribution in [0, 0.1) is 0 Å². The van der Waals surface area contributed by atoms with E-state index in [1.807, 2.05) is 12.1 Å². The van der Waals surface area contributed by atoms with E-state index in [0.29, 0.717) is 19.1 Å². The Morgan fingerprint density at radius 2 is 2.21 bits per heavy atom. The van der Waals surface area contributed by atoms with Crippen molar-refractivity contribution in [3.63, 3.8) is 0 Å². The largest absolute Gasteiger partial charge is 0.351 e. The molecule has 0 radical (unpaired) electrons. The molecule has 0 bridgehead atoms. The monoisotopic (exact) mass is 261 g/mol.